The van der Waals surface area contributed by atoms with Crippen LogP contribution in [0.25, 0.3) is 0 Å². The van der Waals surface area contributed by atoms with Crippen molar-refractivity contribution < 1.29 is 29.2 Å². The Labute approximate surface area is 164 Å². The van der Waals surface area contributed by atoms with Gasteiger partial charge in [-0.3, -0.25) is 20.2 Å². The van der Waals surface area contributed by atoms with E-state index in [4.69, 9.17) is 9.57 Å². The molecule has 1 aliphatic heterocycles. The van der Waals surface area contributed by atoms with Crippen molar-refractivity contribution in [2.24, 2.45) is 0 Å². The molecule has 1 saturated heterocycles. The summed E-state index contributed by atoms with van der Waals surface area (Å²) in [4.78, 5) is 50.9. The standard InChI is InChI=1S/C15H21N6O8/c1-15(2,3)28-14(22)17-6-8-18(9-7-17)21(27)16-29-13-5-4-11(19(23)24)10-12(13)20(25)26/h4-5,10H,6-9H2,1-3H3,(H,16,27)/q+1. The van der Waals surface area contributed by atoms with Crippen molar-refractivity contribution in [1.82, 2.24) is 15.5 Å². The average molecular weight is 413 g/mol. The number of rotatable bonds is 6. The SMILES string of the molecule is CC(C)(C)OC(=O)N1CCN([N+](=O)NOc2ccc([N+](=O)[O-])cc2[N+](=O)[O-])CC1. The quantitative estimate of drug-likeness (QED) is 0.411. The molecule has 1 heterocycles. The van der Waals surface area contributed by atoms with E-state index in [1.54, 1.807) is 20.8 Å². The van der Waals surface area contributed by atoms with Crippen molar-refractivity contribution in [1.29, 1.82) is 0 Å². The second-order valence-corrected chi connectivity index (χ2v) is 7.05. The summed E-state index contributed by atoms with van der Waals surface area (Å²) in [6, 6.07) is 2.75. The predicted molar refractivity (Wildman–Crippen MR) is 96.5 cm³/mol. The molecule has 1 aromatic rings. The van der Waals surface area contributed by atoms with Gasteiger partial charge in [0.15, 0.2) is 0 Å². The zero-order valence-electron chi connectivity index (χ0n) is 16.1. The summed E-state index contributed by atoms with van der Waals surface area (Å²) in [5.74, 6) is -0.367. The van der Waals surface area contributed by atoms with Crippen molar-refractivity contribution in [2.75, 3.05) is 26.2 Å². The number of hydrogen-bond acceptors (Lipinski definition) is 8. The number of nitrogens with zero attached hydrogens (tertiary/aromatic N) is 5. The van der Waals surface area contributed by atoms with Gasteiger partial charge in [0.05, 0.1) is 39.5 Å². The van der Waals surface area contributed by atoms with E-state index < -0.39 is 32.9 Å². The van der Waals surface area contributed by atoms with Crippen molar-refractivity contribution in [3.05, 3.63) is 43.3 Å². The molecule has 1 amide bonds. The van der Waals surface area contributed by atoms with Crippen LogP contribution in [0.3, 0.4) is 0 Å². The lowest BCUT2D eigenvalue weighted by molar-refractivity contribution is -0.782. The number of piperazine rings is 1. The third-order valence-electron chi connectivity index (χ3n) is 3.75. The Morgan fingerprint density at radius 2 is 1.69 bits per heavy atom. The van der Waals surface area contributed by atoms with Crippen LogP contribution in [0.15, 0.2) is 18.2 Å². The summed E-state index contributed by atoms with van der Waals surface area (Å²) in [5, 5.41) is 23.1. The molecule has 1 aromatic carbocycles. The molecule has 14 nitrogen and oxygen atoms in total. The minimum Gasteiger partial charge on any atom is -0.444 e. The van der Waals surface area contributed by atoms with E-state index >= 15 is 0 Å². The maximum absolute atomic E-state index is 12.1. The minimum absolute atomic E-state index is 0.168. The fourth-order valence-electron chi connectivity index (χ4n) is 2.38. The highest BCUT2D eigenvalue weighted by atomic mass is 16.7. The van der Waals surface area contributed by atoms with Crippen LogP contribution in [0.5, 0.6) is 5.75 Å². The lowest BCUT2D eigenvalue weighted by Gasteiger charge is -2.31. The summed E-state index contributed by atoms with van der Waals surface area (Å²) >= 11 is 0. The van der Waals surface area contributed by atoms with E-state index in [1.807, 2.05) is 5.59 Å². The summed E-state index contributed by atoms with van der Waals surface area (Å²) < 4.78 is 5.26. The third kappa shape index (κ3) is 5.88. The van der Waals surface area contributed by atoms with Gasteiger partial charge in [-0.05, 0) is 26.8 Å². The second kappa shape index (κ2) is 8.53. The first-order valence-corrected chi connectivity index (χ1v) is 8.53. The van der Waals surface area contributed by atoms with Crippen LogP contribution in [0.4, 0.5) is 16.2 Å². The van der Waals surface area contributed by atoms with Gasteiger partial charge in [-0.1, -0.05) is 0 Å². The molecule has 0 radical (unpaired) electrons. The van der Waals surface area contributed by atoms with Crippen molar-refractivity contribution in [3.8, 4) is 5.75 Å². The number of nitro benzene ring substituents is 2. The second-order valence-electron chi connectivity index (χ2n) is 7.05. The molecule has 1 N–H and O–H groups in total. The molecular weight excluding hydrogens is 392 g/mol. The van der Waals surface area contributed by atoms with E-state index in [0.29, 0.717) is 0 Å². The van der Waals surface area contributed by atoms with E-state index in [2.05, 4.69) is 0 Å². The van der Waals surface area contributed by atoms with E-state index in [9.17, 15) is 29.9 Å². The maximum atomic E-state index is 12.1. The number of nitroso groups, excluding NO2 is 1. The number of nitro groups is 2. The largest absolute Gasteiger partial charge is 0.444 e. The Kier molecular flexibility index (Phi) is 6.35. The lowest BCUT2D eigenvalue weighted by atomic mass is 10.2. The predicted octanol–water partition coefficient (Wildman–Crippen LogP) is 1.55. The van der Waals surface area contributed by atoms with Crippen LogP contribution in [-0.2, 0) is 4.74 Å². The molecule has 2 rings (SSSR count). The van der Waals surface area contributed by atoms with Gasteiger partial charge in [0.25, 0.3) is 10.7 Å². The van der Waals surface area contributed by atoms with Crippen molar-refractivity contribution in [2.45, 2.75) is 26.4 Å². The Hall–Kier alpha value is -3.71. The lowest BCUT2D eigenvalue weighted by Crippen LogP contribution is -2.55. The van der Waals surface area contributed by atoms with Crippen LogP contribution in [0.2, 0.25) is 0 Å². The fraction of sp³-hybridized carbons (Fsp3) is 0.533. The number of amides is 1. The zero-order valence-corrected chi connectivity index (χ0v) is 16.1. The molecule has 0 aliphatic carbocycles. The van der Waals surface area contributed by atoms with Crippen LogP contribution < -0.4 is 10.4 Å². The van der Waals surface area contributed by atoms with Crippen LogP contribution >= 0.6 is 0 Å². The van der Waals surface area contributed by atoms with Gasteiger partial charge in [0.1, 0.15) is 5.60 Å². The van der Waals surface area contributed by atoms with Gasteiger partial charge in [-0.2, -0.15) is 0 Å². The molecule has 29 heavy (non-hydrogen) atoms. The number of hydrazine groups is 2. The van der Waals surface area contributed by atoms with Crippen LogP contribution in [0.1, 0.15) is 20.8 Å². The Bertz CT molecular complexity index is 816. The molecule has 0 unspecified atom stereocenters. The molecule has 0 aromatic heterocycles. The third-order valence-corrected chi connectivity index (χ3v) is 3.75. The highest BCUT2D eigenvalue weighted by Gasteiger charge is 2.32. The van der Waals surface area contributed by atoms with Gasteiger partial charge >= 0.3 is 11.8 Å². The average Bonchev–Trinajstić information content (AvgIpc) is 2.64. The topological polar surface area (TPSA) is 160 Å². The highest BCUT2D eigenvalue weighted by molar-refractivity contribution is 5.68. The fourth-order valence-corrected chi connectivity index (χ4v) is 2.38. The number of non-ortho nitro benzene ring substituents is 1. The summed E-state index contributed by atoms with van der Waals surface area (Å²) in [5.41, 5.74) is 0.202. The van der Waals surface area contributed by atoms with Gasteiger partial charge in [-0.15, -0.1) is 5.01 Å². The minimum atomic E-state index is -0.862. The molecule has 1 fully saturated rings. The van der Waals surface area contributed by atoms with Gasteiger partial charge in [0, 0.05) is 19.2 Å². The molecule has 0 spiro atoms. The number of carbonyl (C=O) groups excluding carboxylic acids is 1. The van der Waals surface area contributed by atoms with Crippen LogP contribution in [0, 0.1) is 25.1 Å². The molecule has 0 bridgehead atoms. The molecule has 0 saturated carbocycles. The normalized spacial score (nSPS) is 14.2. The summed E-state index contributed by atoms with van der Waals surface area (Å²) in [6.45, 7) is 6.04. The first-order chi connectivity index (χ1) is 13.5. The number of hydrogen-bond donors (Lipinski definition) is 1. The van der Waals surface area contributed by atoms with Crippen molar-refractivity contribution in [3.63, 3.8) is 0 Å². The Balaban J connectivity index is 1.92. The number of carbonyl (C=O) groups is 1. The maximum Gasteiger partial charge on any atom is 0.410 e. The van der Waals surface area contributed by atoms with Gasteiger partial charge in [-0.25, -0.2) is 4.79 Å². The number of benzene rings is 1. The Morgan fingerprint density at radius 3 is 2.21 bits per heavy atom. The first-order valence-electron chi connectivity index (χ1n) is 8.53. The smallest absolute Gasteiger partial charge is 0.410 e. The van der Waals surface area contributed by atoms with Gasteiger partial charge < -0.3 is 14.5 Å². The van der Waals surface area contributed by atoms with Crippen molar-refractivity contribution >= 4 is 17.5 Å². The molecule has 0 atom stereocenters. The zero-order chi connectivity index (χ0) is 21.8. The number of nitrogens with one attached hydrogen (secondary N) is 1. The Morgan fingerprint density at radius 1 is 1.07 bits per heavy atom. The first kappa shape index (κ1) is 21.6. The van der Waals surface area contributed by atoms with E-state index in [1.165, 1.54) is 9.91 Å². The monoisotopic (exact) mass is 413 g/mol. The van der Waals surface area contributed by atoms with Gasteiger partial charge in [0.2, 0.25) is 5.75 Å². The van der Waals surface area contributed by atoms with E-state index in [0.717, 1.165) is 18.2 Å². The van der Waals surface area contributed by atoms with Crippen LogP contribution in [-0.4, -0.2) is 62.6 Å². The summed E-state index contributed by atoms with van der Waals surface area (Å²) in [7, 11) is 0. The molecule has 14 heteroatoms. The number of ether oxygens (including phenoxy) is 1. The molecule has 1 aliphatic rings. The highest BCUT2D eigenvalue weighted by Crippen LogP contribution is 2.30. The van der Waals surface area contributed by atoms with E-state index in [-0.39, 0.29) is 36.9 Å². The molecule has 158 valence electrons. The molecular formula is C15H21N6O8+. The summed E-state index contributed by atoms with van der Waals surface area (Å²) in [6.07, 6.45) is -0.486.